The first kappa shape index (κ1) is 14.7. The first-order valence-corrected chi connectivity index (χ1v) is 5.23. The van der Waals surface area contributed by atoms with E-state index in [2.05, 4.69) is 0 Å². The number of aromatic nitrogens is 1. The third kappa shape index (κ3) is 3.11. The lowest BCUT2D eigenvalue weighted by molar-refractivity contribution is -0.207. The van der Waals surface area contributed by atoms with E-state index in [0.29, 0.717) is 0 Å². The maximum Gasteiger partial charge on any atom is 0.418 e. The molecule has 0 spiro atoms. The van der Waals surface area contributed by atoms with Gasteiger partial charge in [-0.25, -0.2) is 0 Å². The SMILES string of the molecule is COCCn1c(C)c(C(O)C(F)(F)F)ccc1=O. The fourth-order valence-electron chi connectivity index (χ4n) is 1.62. The quantitative estimate of drug-likeness (QED) is 0.895. The summed E-state index contributed by atoms with van der Waals surface area (Å²) in [5.74, 6) is 0. The number of hydrogen-bond donors (Lipinski definition) is 1. The third-order valence-electron chi connectivity index (χ3n) is 2.62. The van der Waals surface area contributed by atoms with Crippen molar-refractivity contribution >= 4 is 0 Å². The van der Waals surface area contributed by atoms with Gasteiger partial charge in [-0.05, 0) is 13.0 Å². The van der Waals surface area contributed by atoms with Crippen LogP contribution in [0.25, 0.3) is 0 Å². The lowest BCUT2D eigenvalue weighted by Crippen LogP contribution is -2.28. The largest absolute Gasteiger partial charge is 0.418 e. The minimum atomic E-state index is -4.76. The van der Waals surface area contributed by atoms with E-state index in [1.54, 1.807) is 0 Å². The van der Waals surface area contributed by atoms with Crippen LogP contribution in [0.5, 0.6) is 0 Å². The van der Waals surface area contributed by atoms with Crippen LogP contribution in [-0.2, 0) is 11.3 Å². The van der Waals surface area contributed by atoms with Crippen molar-refractivity contribution in [3.63, 3.8) is 0 Å². The monoisotopic (exact) mass is 265 g/mol. The van der Waals surface area contributed by atoms with E-state index in [-0.39, 0.29) is 24.4 Å². The van der Waals surface area contributed by atoms with Crippen LogP contribution >= 0.6 is 0 Å². The normalized spacial score (nSPS) is 13.7. The minimum Gasteiger partial charge on any atom is -0.383 e. The lowest BCUT2D eigenvalue weighted by atomic mass is 10.1. The van der Waals surface area contributed by atoms with Gasteiger partial charge in [-0.15, -0.1) is 0 Å². The van der Waals surface area contributed by atoms with Gasteiger partial charge in [0.2, 0.25) is 0 Å². The van der Waals surface area contributed by atoms with Gasteiger partial charge >= 0.3 is 6.18 Å². The molecule has 0 radical (unpaired) electrons. The Morgan fingerprint density at radius 2 is 2.06 bits per heavy atom. The molecule has 0 aromatic carbocycles. The molecule has 0 aliphatic rings. The molecule has 4 nitrogen and oxygen atoms in total. The van der Waals surface area contributed by atoms with Crippen LogP contribution in [0.4, 0.5) is 13.2 Å². The van der Waals surface area contributed by atoms with Crippen molar-refractivity contribution in [3.8, 4) is 0 Å². The highest BCUT2D eigenvalue weighted by Gasteiger charge is 2.40. The molecular weight excluding hydrogens is 251 g/mol. The molecule has 1 heterocycles. The highest BCUT2D eigenvalue weighted by molar-refractivity contribution is 5.23. The Balaban J connectivity index is 3.20. The first-order chi connectivity index (χ1) is 8.29. The van der Waals surface area contributed by atoms with Crippen molar-refractivity contribution < 1.29 is 23.0 Å². The molecule has 0 fully saturated rings. The van der Waals surface area contributed by atoms with Crippen molar-refractivity contribution in [2.45, 2.75) is 25.7 Å². The van der Waals surface area contributed by atoms with Crippen LogP contribution in [0, 0.1) is 6.92 Å². The molecule has 0 saturated carbocycles. The van der Waals surface area contributed by atoms with Crippen molar-refractivity contribution in [1.82, 2.24) is 4.57 Å². The van der Waals surface area contributed by atoms with Gasteiger partial charge in [-0.3, -0.25) is 4.79 Å². The van der Waals surface area contributed by atoms with Crippen LogP contribution < -0.4 is 5.56 Å². The van der Waals surface area contributed by atoms with E-state index in [0.717, 1.165) is 16.7 Å². The molecule has 1 N–H and O–H groups in total. The number of hydrogen-bond acceptors (Lipinski definition) is 3. The van der Waals surface area contributed by atoms with Gasteiger partial charge in [0.15, 0.2) is 6.10 Å². The molecule has 1 rings (SSSR count). The van der Waals surface area contributed by atoms with Gasteiger partial charge in [0.05, 0.1) is 6.61 Å². The molecule has 1 aromatic heterocycles. The first-order valence-electron chi connectivity index (χ1n) is 5.23. The van der Waals surface area contributed by atoms with Gasteiger partial charge in [0.1, 0.15) is 0 Å². The number of nitrogens with zero attached hydrogens (tertiary/aromatic N) is 1. The smallest absolute Gasteiger partial charge is 0.383 e. The molecule has 102 valence electrons. The summed E-state index contributed by atoms with van der Waals surface area (Å²) in [6.07, 6.45) is -7.35. The minimum absolute atomic E-state index is 0.0874. The van der Waals surface area contributed by atoms with Crippen LogP contribution in [-0.4, -0.2) is 29.6 Å². The van der Waals surface area contributed by atoms with Gasteiger partial charge in [-0.2, -0.15) is 13.2 Å². The number of aliphatic hydroxyl groups is 1. The standard InChI is InChI=1S/C11H14F3NO3/c1-7-8(10(17)11(12,13)14)3-4-9(16)15(7)5-6-18-2/h3-4,10,17H,5-6H2,1-2H3. The average molecular weight is 265 g/mol. The topological polar surface area (TPSA) is 51.5 Å². The summed E-state index contributed by atoms with van der Waals surface area (Å²) in [6, 6.07) is 2.01. The van der Waals surface area contributed by atoms with E-state index in [9.17, 15) is 23.1 Å². The number of halogens is 3. The van der Waals surface area contributed by atoms with Crippen LogP contribution in [0.1, 0.15) is 17.4 Å². The van der Waals surface area contributed by atoms with E-state index in [1.807, 2.05) is 0 Å². The van der Waals surface area contributed by atoms with Crippen molar-refractivity contribution in [1.29, 1.82) is 0 Å². The zero-order chi connectivity index (χ0) is 13.9. The van der Waals surface area contributed by atoms with E-state index in [1.165, 1.54) is 14.0 Å². The summed E-state index contributed by atoms with van der Waals surface area (Å²) in [4.78, 5) is 11.5. The highest BCUT2D eigenvalue weighted by atomic mass is 19.4. The summed E-state index contributed by atoms with van der Waals surface area (Å²) in [7, 11) is 1.43. The van der Waals surface area contributed by atoms with Crippen molar-refractivity contribution in [2.75, 3.05) is 13.7 Å². The second-order valence-electron chi connectivity index (χ2n) is 3.80. The summed E-state index contributed by atoms with van der Waals surface area (Å²) >= 11 is 0. The molecule has 1 unspecified atom stereocenters. The highest BCUT2D eigenvalue weighted by Crippen LogP contribution is 2.33. The van der Waals surface area contributed by atoms with Crippen molar-refractivity contribution in [3.05, 3.63) is 33.7 Å². The zero-order valence-electron chi connectivity index (χ0n) is 9.99. The summed E-state index contributed by atoms with van der Waals surface area (Å²) in [6.45, 7) is 1.70. The van der Waals surface area contributed by atoms with Gasteiger partial charge in [-0.1, -0.05) is 0 Å². The number of alkyl halides is 3. The molecule has 0 aliphatic heterocycles. The van der Waals surface area contributed by atoms with E-state index in [4.69, 9.17) is 4.74 Å². The second kappa shape index (κ2) is 5.53. The van der Waals surface area contributed by atoms with Gasteiger partial charge < -0.3 is 14.4 Å². The predicted molar refractivity (Wildman–Crippen MR) is 58.3 cm³/mol. The average Bonchev–Trinajstić information content (AvgIpc) is 2.27. The van der Waals surface area contributed by atoms with E-state index < -0.39 is 17.8 Å². The Hall–Kier alpha value is -1.34. The lowest BCUT2D eigenvalue weighted by Gasteiger charge is -2.19. The molecule has 0 saturated heterocycles. The molecule has 1 atom stereocenters. The zero-order valence-corrected chi connectivity index (χ0v) is 9.99. The van der Waals surface area contributed by atoms with Crippen molar-refractivity contribution in [2.24, 2.45) is 0 Å². The van der Waals surface area contributed by atoms with Crippen LogP contribution in [0.2, 0.25) is 0 Å². The Labute approximate surface area is 102 Å². The fraction of sp³-hybridized carbons (Fsp3) is 0.545. The molecule has 7 heteroatoms. The third-order valence-corrected chi connectivity index (χ3v) is 2.62. The summed E-state index contributed by atoms with van der Waals surface area (Å²) in [5, 5.41) is 9.21. The van der Waals surface area contributed by atoms with Gasteiger partial charge in [0, 0.05) is 31.0 Å². The fourth-order valence-corrected chi connectivity index (χ4v) is 1.62. The molecular formula is C11H14F3NO3. The maximum absolute atomic E-state index is 12.4. The number of aliphatic hydroxyl groups excluding tert-OH is 1. The predicted octanol–water partition coefficient (Wildman–Crippen LogP) is 1.40. The maximum atomic E-state index is 12.4. The van der Waals surface area contributed by atoms with Gasteiger partial charge in [0.25, 0.3) is 5.56 Å². The summed E-state index contributed by atoms with van der Waals surface area (Å²) in [5.41, 5.74) is -0.662. The second-order valence-corrected chi connectivity index (χ2v) is 3.80. The Morgan fingerprint density at radius 1 is 1.44 bits per heavy atom. The summed E-state index contributed by atoms with van der Waals surface area (Å²) < 4.78 is 43.2. The molecule has 18 heavy (non-hydrogen) atoms. The van der Waals surface area contributed by atoms with E-state index >= 15 is 0 Å². The Kier molecular flexibility index (Phi) is 4.53. The number of rotatable bonds is 4. The van der Waals surface area contributed by atoms with Crippen LogP contribution in [0.3, 0.4) is 0 Å². The molecule has 0 amide bonds. The Morgan fingerprint density at radius 3 is 2.56 bits per heavy atom. The number of methoxy groups -OCH3 is 1. The number of ether oxygens (including phenoxy) is 1. The molecule has 1 aromatic rings. The Bertz CT molecular complexity index is 468. The van der Waals surface area contributed by atoms with Crippen LogP contribution in [0.15, 0.2) is 16.9 Å². The molecule has 0 aliphatic carbocycles. The molecule has 0 bridgehead atoms. The number of pyridine rings is 1.